The number of rotatable bonds is 3. The van der Waals surface area contributed by atoms with Gasteiger partial charge in [0.2, 0.25) is 0 Å². The predicted molar refractivity (Wildman–Crippen MR) is 55.2 cm³/mol. The Kier molecular flexibility index (Phi) is 3.46. The number of ketones is 1. The molecule has 0 saturated heterocycles. The number of benzene rings is 1. The molecule has 0 N–H and O–H groups in total. The van der Waals surface area contributed by atoms with Crippen LogP contribution in [0.3, 0.4) is 0 Å². The Hall–Kier alpha value is -0.940. The number of Topliss-reactive ketones (excluding diaryl/α,β-unsaturated/α-hetero) is 1. The minimum Gasteiger partial charge on any atom is -0.291 e. The van der Waals surface area contributed by atoms with Crippen molar-refractivity contribution >= 4 is 27.2 Å². The van der Waals surface area contributed by atoms with Crippen LogP contribution in [-0.2, 0) is 9.84 Å². The van der Waals surface area contributed by atoms with Gasteiger partial charge >= 0.3 is 0 Å². The lowest BCUT2D eigenvalue weighted by molar-refractivity contribution is 0.100. The molecule has 0 aliphatic rings. The largest absolute Gasteiger partial charge is 0.291 e. The first kappa shape index (κ1) is 12.1. The normalized spacial score (nSPS) is 13.5. The number of hydrogen-bond acceptors (Lipinski definition) is 3. The highest BCUT2D eigenvalue weighted by atomic mass is 35.5. The third-order valence-corrected chi connectivity index (χ3v) is 3.86. The summed E-state index contributed by atoms with van der Waals surface area (Å²) in [6, 6.07) is 5.09. The fourth-order valence-corrected chi connectivity index (χ4v) is 1.61. The Balaban J connectivity index is 3.12. The van der Waals surface area contributed by atoms with Gasteiger partial charge in [0.15, 0.2) is 20.3 Å². The maximum atomic E-state index is 13.1. The molecule has 0 amide bonds. The molecule has 0 heterocycles. The number of alkyl halides is 1. The number of halogens is 2. The van der Waals surface area contributed by atoms with E-state index in [0.717, 1.165) is 12.3 Å². The number of carbonyl (C=O) groups excluding carboxylic acids is 1. The van der Waals surface area contributed by atoms with Crippen molar-refractivity contribution in [1.82, 2.24) is 0 Å². The van der Waals surface area contributed by atoms with Crippen molar-refractivity contribution in [2.45, 2.75) is 4.71 Å². The van der Waals surface area contributed by atoms with E-state index >= 15 is 0 Å². The lowest BCUT2D eigenvalue weighted by atomic mass is 10.1. The minimum absolute atomic E-state index is 0.317. The van der Waals surface area contributed by atoms with Crippen LogP contribution < -0.4 is 0 Å². The molecule has 6 heteroatoms. The van der Waals surface area contributed by atoms with Crippen LogP contribution in [0.1, 0.15) is 10.4 Å². The molecule has 1 aromatic rings. The van der Waals surface area contributed by atoms with Crippen LogP contribution in [0.2, 0.25) is 0 Å². The first-order chi connectivity index (χ1) is 6.84. The summed E-state index contributed by atoms with van der Waals surface area (Å²) in [6.07, 6.45) is 0.823. The molecule has 3 nitrogen and oxygen atoms in total. The van der Waals surface area contributed by atoms with E-state index in [-0.39, 0.29) is 5.56 Å². The smallest absolute Gasteiger partial charge is 0.198 e. The summed E-state index contributed by atoms with van der Waals surface area (Å²) in [4.78, 5) is 11.5. The molecule has 0 fully saturated rings. The molecule has 1 atom stereocenters. The van der Waals surface area contributed by atoms with Gasteiger partial charge in [-0.2, -0.15) is 0 Å². The molecular weight excluding hydrogens is 243 g/mol. The first-order valence-corrected chi connectivity index (χ1v) is 6.35. The molecule has 82 valence electrons. The fraction of sp³-hybridized carbons (Fsp3) is 0.222. The van der Waals surface area contributed by atoms with Crippen LogP contribution >= 0.6 is 11.6 Å². The van der Waals surface area contributed by atoms with E-state index in [1.54, 1.807) is 0 Å². The van der Waals surface area contributed by atoms with Gasteiger partial charge in [0.1, 0.15) is 5.82 Å². The van der Waals surface area contributed by atoms with Crippen molar-refractivity contribution in [3.63, 3.8) is 0 Å². The van der Waals surface area contributed by atoms with Crippen LogP contribution in [0, 0.1) is 5.82 Å². The van der Waals surface area contributed by atoms with Crippen molar-refractivity contribution in [1.29, 1.82) is 0 Å². The highest BCUT2D eigenvalue weighted by Crippen LogP contribution is 2.15. The molecule has 0 aliphatic carbocycles. The van der Waals surface area contributed by atoms with Gasteiger partial charge in [-0.1, -0.05) is 23.7 Å². The summed E-state index contributed by atoms with van der Waals surface area (Å²) in [6.45, 7) is 0. The van der Waals surface area contributed by atoms with Crippen LogP contribution in [0.5, 0.6) is 0 Å². The molecule has 0 bridgehead atoms. The summed E-state index contributed by atoms with van der Waals surface area (Å²) in [5.74, 6) is -1.73. The van der Waals surface area contributed by atoms with E-state index in [1.165, 1.54) is 18.2 Å². The molecule has 1 aromatic carbocycles. The molecule has 1 unspecified atom stereocenters. The molecular formula is C9H8ClFO3S. The number of sulfone groups is 1. The van der Waals surface area contributed by atoms with E-state index in [2.05, 4.69) is 0 Å². The quantitative estimate of drug-likeness (QED) is 0.605. The Bertz CT molecular complexity index is 484. The monoisotopic (exact) mass is 250 g/mol. The second-order valence-corrected chi connectivity index (χ2v) is 5.82. The standard InChI is InChI=1S/C9H8ClFO3S/c1-15(13,14)9(10)8(12)6-4-2-3-5-7(6)11/h2-5,9H,1H3. The molecule has 1 rings (SSSR count). The Morgan fingerprint density at radius 1 is 1.40 bits per heavy atom. The SMILES string of the molecule is CS(=O)(=O)C(Cl)C(=O)c1ccccc1F. The summed E-state index contributed by atoms with van der Waals surface area (Å²) in [5, 5.41) is 0. The average Bonchev–Trinajstić information content (AvgIpc) is 2.15. The van der Waals surface area contributed by atoms with Crippen LogP contribution in [0.15, 0.2) is 24.3 Å². The maximum absolute atomic E-state index is 13.1. The predicted octanol–water partition coefficient (Wildman–Crippen LogP) is 1.62. The van der Waals surface area contributed by atoms with Crippen molar-refractivity contribution in [3.8, 4) is 0 Å². The molecule has 0 aliphatic heterocycles. The Morgan fingerprint density at radius 3 is 2.40 bits per heavy atom. The van der Waals surface area contributed by atoms with Gasteiger partial charge in [-0.15, -0.1) is 0 Å². The minimum atomic E-state index is -3.72. The molecule has 0 spiro atoms. The summed E-state index contributed by atoms with van der Waals surface area (Å²) in [5.41, 5.74) is -0.317. The third-order valence-electron chi connectivity index (χ3n) is 1.72. The summed E-state index contributed by atoms with van der Waals surface area (Å²) < 4.78 is 33.3. The van der Waals surface area contributed by atoms with Crippen molar-refractivity contribution in [2.75, 3.05) is 6.26 Å². The summed E-state index contributed by atoms with van der Waals surface area (Å²) in [7, 11) is -3.72. The van der Waals surface area contributed by atoms with E-state index in [1.807, 2.05) is 0 Å². The van der Waals surface area contributed by atoms with E-state index in [4.69, 9.17) is 11.6 Å². The lowest BCUT2D eigenvalue weighted by Crippen LogP contribution is -2.24. The Morgan fingerprint density at radius 2 is 1.93 bits per heavy atom. The zero-order valence-corrected chi connectivity index (χ0v) is 9.35. The van der Waals surface area contributed by atoms with Crippen LogP contribution in [-0.4, -0.2) is 25.2 Å². The number of carbonyl (C=O) groups is 1. The Labute approximate surface area is 91.8 Å². The molecule has 15 heavy (non-hydrogen) atoms. The first-order valence-electron chi connectivity index (χ1n) is 3.95. The van der Waals surface area contributed by atoms with Gasteiger partial charge in [0.05, 0.1) is 5.56 Å². The van der Waals surface area contributed by atoms with Crippen molar-refractivity contribution < 1.29 is 17.6 Å². The molecule has 0 radical (unpaired) electrons. The van der Waals surface area contributed by atoms with E-state index in [0.29, 0.717) is 0 Å². The van der Waals surface area contributed by atoms with Crippen LogP contribution in [0.25, 0.3) is 0 Å². The van der Waals surface area contributed by atoms with Gasteiger partial charge in [-0.05, 0) is 12.1 Å². The summed E-state index contributed by atoms with van der Waals surface area (Å²) >= 11 is 5.41. The van der Waals surface area contributed by atoms with E-state index in [9.17, 15) is 17.6 Å². The van der Waals surface area contributed by atoms with Crippen molar-refractivity contribution in [2.24, 2.45) is 0 Å². The topological polar surface area (TPSA) is 51.2 Å². The highest BCUT2D eigenvalue weighted by Gasteiger charge is 2.28. The van der Waals surface area contributed by atoms with Gasteiger partial charge < -0.3 is 0 Å². The molecule has 0 aromatic heterocycles. The maximum Gasteiger partial charge on any atom is 0.198 e. The van der Waals surface area contributed by atoms with Crippen molar-refractivity contribution in [3.05, 3.63) is 35.6 Å². The van der Waals surface area contributed by atoms with Gasteiger partial charge in [0, 0.05) is 6.26 Å². The van der Waals surface area contributed by atoms with Gasteiger partial charge in [0.25, 0.3) is 0 Å². The third kappa shape index (κ3) is 2.76. The second-order valence-electron chi connectivity index (χ2n) is 2.99. The van der Waals surface area contributed by atoms with Gasteiger partial charge in [-0.25, -0.2) is 12.8 Å². The number of hydrogen-bond donors (Lipinski definition) is 0. The zero-order valence-electron chi connectivity index (χ0n) is 7.78. The van der Waals surface area contributed by atoms with Crippen LogP contribution in [0.4, 0.5) is 4.39 Å². The highest BCUT2D eigenvalue weighted by molar-refractivity contribution is 7.93. The zero-order chi connectivity index (χ0) is 11.6. The van der Waals surface area contributed by atoms with Gasteiger partial charge in [-0.3, -0.25) is 4.79 Å². The molecule has 0 saturated carbocycles. The fourth-order valence-electron chi connectivity index (χ4n) is 0.978. The average molecular weight is 251 g/mol. The second kappa shape index (κ2) is 4.28. The van der Waals surface area contributed by atoms with E-state index < -0.39 is 26.1 Å². The lowest BCUT2D eigenvalue weighted by Gasteiger charge is -2.06.